The first-order chi connectivity index (χ1) is 16.2. The first kappa shape index (κ1) is 23.0. The summed E-state index contributed by atoms with van der Waals surface area (Å²) in [6.45, 7) is 3.29. The van der Waals surface area contributed by atoms with Crippen molar-refractivity contribution in [3.05, 3.63) is 102 Å². The van der Waals surface area contributed by atoms with Crippen LogP contribution < -0.4 is 0 Å². The van der Waals surface area contributed by atoms with Gasteiger partial charge < -0.3 is 9.72 Å². The Hall–Kier alpha value is -3.18. The number of rotatable bonds is 10. The lowest BCUT2D eigenvalue weighted by Gasteiger charge is -2.31. The standard InChI is InChI=1S/C28H33N3O2/c1-2-3-6-15-24-19-26(28(32)33-21-23-13-9-5-10-14-23)31(20-24)25(27-29-16-17-30-27)18-22-11-7-4-8-12-22/h3-14,16-17,24-26H,2,15,18-21H2,1H3,(H,29,30). The molecular weight excluding hydrogens is 410 g/mol. The molecule has 0 spiro atoms. The maximum atomic E-state index is 13.3. The first-order valence-electron chi connectivity index (χ1n) is 11.9. The van der Waals surface area contributed by atoms with E-state index in [9.17, 15) is 4.79 Å². The summed E-state index contributed by atoms with van der Waals surface area (Å²) in [5.41, 5.74) is 2.23. The van der Waals surface area contributed by atoms with Crippen LogP contribution in [0.15, 0.2) is 85.2 Å². The van der Waals surface area contributed by atoms with Gasteiger partial charge in [-0.1, -0.05) is 79.7 Å². The van der Waals surface area contributed by atoms with Crippen molar-refractivity contribution < 1.29 is 9.53 Å². The number of aromatic nitrogens is 2. The highest BCUT2D eigenvalue weighted by Gasteiger charge is 2.42. The van der Waals surface area contributed by atoms with Gasteiger partial charge in [0.05, 0.1) is 6.04 Å². The van der Waals surface area contributed by atoms with Crippen LogP contribution in [-0.4, -0.2) is 33.4 Å². The van der Waals surface area contributed by atoms with E-state index in [0.717, 1.165) is 43.6 Å². The van der Waals surface area contributed by atoms with E-state index in [1.165, 1.54) is 5.56 Å². The summed E-state index contributed by atoms with van der Waals surface area (Å²) >= 11 is 0. The molecule has 172 valence electrons. The highest BCUT2D eigenvalue weighted by molar-refractivity contribution is 5.76. The number of H-pyrrole nitrogens is 1. The van der Waals surface area contributed by atoms with E-state index in [1.54, 1.807) is 6.20 Å². The van der Waals surface area contributed by atoms with Crippen LogP contribution in [0.1, 0.15) is 49.2 Å². The molecule has 0 radical (unpaired) electrons. The van der Waals surface area contributed by atoms with Gasteiger partial charge in [0.1, 0.15) is 18.5 Å². The summed E-state index contributed by atoms with van der Waals surface area (Å²) in [4.78, 5) is 23.5. The number of imidazole rings is 1. The summed E-state index contributed by atoms with van der Waals surface area (Å²) in [5, 5.41) is 0. The third kappa shape index (κ3) is 6.20. The Morgan fingerprint density at radius 2 is 1.85 bits per heavy atom. The lowest BCUT2D eigenvalue weighted by Crippen LogP contribution is -2.41. The van der Waals surface area contributed by atoms with Crippen LogP contribution in [-0.2, 0) is 22.6 Å². The quantitative estimate of drug-likeness (QED) is 0.333. The average Bonchev–Trinajstić information content (AvgIpc) is 3.53. The maximum absolute atomic E-state index is 13.3. The minimum atomic E-state index is -0.285. The second-order valence-electron chi connectivity index (χ2n) is 8.70. The maximum Gasteiger partial charge on any atom is 0.323 e. The van der Waals surface area contributed by atoms with Gasteiger partial charge in [-0.2, -0.15) is 0 Å². The van der Waals surface area contributed by atoms with Crippen molar-refractivity contribution in [2.75, 3.05) is 6.54 Å². The summed E-state index contributed by atoms with van der Waals surface area (Å²) in [6, 6.07) is 20.0. The Labute approximate surface area is 196 Å². The zero-order valence-electron chi connectivity index (χ0n) is 19.3. The number of likely N-dealkylation sites (tertiary alicyclic amines) is 1. The second-order valence-corrected chi connectivity index (χ2v) is 8.70. The number of ether oxygens (including phenoxy) is 1. The van der Waals surface area contributed by atoms with Crippen LogP contribution in [0.25, 0.3) is 0 Å². The van der Waals surface area contributed by atoms with Gasteiger partial charge in [0.2, 0.25) is 0 Å². The number of allylic oxidation sites excluding steroid dienone is 2. The van der Waals surface area contributed by atoms with Crippen LogP contribution in [0.4, 0.5) is 0 Å². The van der Waals surface area contributed by atoms with E-state index < -0.39 is 0 Å². The van der Waals surface area contributed by atoms with Crippen molar-refractivity contribution in [3.8, 4) is 0 Å². The summed E-state index contributed by atoms with van der Waals surface area (Å²) in [5.74, 6) is 1.16. The van der Waals surface area contributed by atoms with E-state index in [-0.39, 0.29) is 18.1 Å². The highest BCUT2D eigenvalue weighted by atomic mass is 16.5. The fourth-order valence-electron chi connectivity index (χ4n) is 4.65. The van der Waals surface area contributed by atoms with E-state index >= 15 is 0 Å². The topological polar surface area (TPSA) is 58.2 Å². The highest BCUT2D eigenvalue weighted by Crippen LogP contribution is 2.35. The Morgan fingerprint density at radius 1 is 1.12 bits per heavy atom. The molecule has 0 saturated carbocycles. The lowest BCUT2D eigenvalue weighted by atomic mass is 10.0. The van der Waals surface area contributed by atoms with Crippen molar-refractivity contribution in [1.29, 1.82) is 0 Å². The predicted octanol–water partition coefficient (Wildman–Crippen LogP) is 5.48. The van der Waals surface area contributed by atoms with Crippen LogP contribution >= 0.6 is 0 Å². The van der Waals surface area contributed by atoms with Crippen molar-refractivity contribution >= 4 is 5.97 Å². The van der Waals surface area contributed by atoms with Gasteiger partial charge in [-0.25, -0.2) is 4.98 Å². The van der Waals surface area contributed by atoms with E-state index in [4.69, 9.17) is 4.74 Å². The zero-order chi connectivity index (χ0) is 22.9. The van der Waals surface area contributed by atoms with Crippen LogP contribution in [0, 0.1) is 5.92 Å². The minimum absolute atomic E-state index is 0.0168. The van der Waals surface area contributed by atoms with Crippen molar-refractivity contribution in [2.45, 2.75) is 51.3 Å². The Morgan fingerprint density at radius 3 is 2.52 bits per heavy atom. The smallest absolute Gasteiger partial charge is 0.323 e. The molecule has 1 aromatic heterocycles. The van der Waals surface area contributed by atoms with E-state index in [0.29, 0.717) is 12.5 Å². The SMILES string of the molecule is CCC=CCC1CC(C(=O)OCc2ccccc2)N(C(Cc2ccccc2)c2ncc[nH]2)C1. The number of benzene rings is 2. The Kier molecular flexibility index (Phi) is 8.09. The fourth-order valence-corrected chi connectivity index (χ4v) is 4.65. The number of carbonyl (C=O) groups excluding carboxylic acids is 1. The van der Waals surface area contributed by atoms with E-state index in [2.05, 4.69) is 58.2 Å². The van der Waals surface area contributed by atoms with Gasteiger partial charge in [-0.15, -0.1) is 0 Å². The molecule has 3 aromatic rings. The van der Waals surface area contributed by atoms with Gasteiger partial charge >= 0.3 is 5.97 Å². The van der Waals surface area contributed by atoms with Gasteiger partial charge in [0.15, 0.2) is 0 Å². The molecular formula is C28H33N3O2. The van der Waals surface area contributed by atoms with Crippen LogP contribution in [0.5, 0.6) is 0 Å². The van der Waals surface area contributed by atoms with Gasteiger partial charge in [-0.3, -0.25) is 9.69 Å². The Bertz CT molecular complexity index is 1000. The average molecular weight is 444 g/mol. The fraction of sp³-hybridized carbons (Fsp3) is 0.357. The van der Waals surface area contributed by atoms with Gasteiger partial charge in [0, 0.05) is 18.9 Å². The normalized spacial score (nSPS) is 19.7. The molecule has 0 amide bonds. The minimum Gasteiger partial charge on any atom is -0.460 e. The molecule has 0 bridgehead atoms. The summed E-state index contributed by atoms with van der Waals surface area (Å²) in [6.07, 6.45) is 11.7. The molecule has 0 aliphatic carbocycles. The molecule has 2 heterocycles. The van der Waals surface area contributed by atoms with Gasteiger partial charge in [0.25, 0.3) is 0 Å². The number of esters is 1. The molecule has 1 saturated heterocycles. The molecule has 3 unspecified atom stereocenters. The largest absolute Gasteiger partial charge is 0.460 e. The number of aromatic amines is 1. The number of hydrogen-bond donors (Lipinski definition) is 1. The summed E-state index contributed by atoms with van der Waals surface area (Å²) in [7, 11) is 0. The monoisotopic (exact) mass is 443 g/mol. The van der Waals surface area contributed by atoms with Crippen molar-refractivity contribution in [2.24, 2.45) is 5.92 Å². The molecule has 33 heavy (non-hydrogen) atoms. The van der Waals surface area contributed by atoms with Crippen molar-refractivity contribution in [1.82, 2.24) is 14.9 Å². The summed E-state index contributed by atoms with van der Waals surface area (Å²) < 4.78 is 5.80. The molecule has 1 aliphatic heterocycles. The predicted molar refractivity (Wildman–Crippen MR) is 130 cm³/mol. The van der Waals surface area contributed by atoms with Crippen molar-refractivity contribution in [3.63, 3.8) is 0 Å². The molecule has 2 aromatic carbocycles. The third-order valence-electron chi connectivity index (χ3n) is 6.30. The number of nitrogens with zero attached hydrogens (tertiary/aromatic N) is 2. The number of nitrogens with one attached hydrogen (secondary N) is 1. The number of carbonyl (C=O) groups is 1. The molecule has 5 heteroatoms. The lowest BCUT2D eigenvalue weighted by molar-refractivity contribution is -0.151. The second kappa shape index (κ2) is 11.6. The Balaban J connectivity index is 1.55. The first-order valence-corrected chi connectivity index (χ1v) is 11.9. The molecule has 1 N–H and O–H groups in total. The molecule has 1 aliphatic rings. The number of hydrogen-bond acceptors (Lipinski definition) is 4. The molecule has 5 nitrogen and oxygen atoms in total. The molecule has 1 fully saturated rings. The van der Waals surface area contributed by atoms with Crippen LogP contribution in [0.2, 0.25) is 0 Å². The third-order valence-corrected chi connectivity index (χ3v) is 6.30. The van der Waals surface area contributed by atoms with Gasteiger partial charge in [-0.05, 0) is 42.7 Å². The van der Waals surface area contributed by atoms with Crippen LogP contribution in [0.3, 0.4) is 0 Å². The molecule has 3 atom stereocenters. The zero-order valence-corrected chi connectivity index (χ0v) is 19.3. The molecule has 4 rings (SSSR count). The van der Waals surface area contributed by atoms with E-state index in [1.807, 2.05) is 42.6 Å².